The number of benzene rings is 1. The van der Waals surface area contributed by atoms with Crippen LogP contribution in [0.5, 0.6) is 0 Å². The first kappa shape index (κ1) is 16.7. The van der Waals surface area contributed by atoms with Crippen molar-refractivity contribution >= 4 is 41.6 Å². The topological polar surface area (TPSA) is 63.2 Å². The van der Waals surface area contributed by atoms with Crippen molar-refractivity contribution in [2.75, 3.05) is 6.54 Å². The summed E-state index contributed by atoms with van der Waals surface area (Å²) in [6.07, 6.45) is 3.14. The largest absolute Gasteiger partial charge is 0.351 e. The van der Waals surface area contributed by atoms with Crippen LogP contribution in [0.3, 0.4) is 0 Å². The van der Waals surface area contributed by atoms with E-state index in [2.05, 4.69) is 21.2 Å². The van der Waals surface area contributed by atoms with Crippen molar-refractivity contribution in [1.29, 1.82) is 0 Å². The molecule has 1 aliphatic carbocycles. The Kier molecular flexibility index (Phi) is 4.66. The molecule has 0 heterocycles. The van der Waals surface area contributed by atoms with Gasteiger partial charge in [0, 0.05) is 21.7 Å². The van der Waals surface area contributed by atoms with Crippen molar-refractivity contribution in [3.8, 4) is 0 Å². The van der Waals surface area contributed by atoms with Crippen molar-refractivity contribution in [1.82, 2.24) is 5.32 Å². The first-order valence-electron chi connectivity index (χ1n) is 6.34. The molecule has 1 N–H and O–H groups in total. The highest BCUT2D eigenvalue weighted by Crippen LogP contribution is 2.39. The van der Waals surface area contributed by atoms with E-state index in [9.17, 15) is 17.6 Å². The number of rotatable bonds is 4. The normalized spacial score (nSPS) is 17.1. The van der Waals surface area contributed by atoms with Crippen molar-refractivity contribution in [3.05, 3.63) is 28.0 Å². The summed E-state index contributed by atoms with van der Waals surface area (Å²) in [6, 6.07) is 2.26. The fourth-order valence-electron chi connectivity index (χ4n) is 2.25. The van der Waals surface area contributed by atoms with E-state index in [0.29, 0.717) is 6.54 Å². The van der Waals surface area contributed by atoms with Crippen LogP contribution in [0.25, 0.3) is 0 Å². The molecule has 1 aromatic carbocycles. The summed E-state index contributed by atoms with van der Waals surface area (Å²) in [5.41, 5.74) is -0.300. The average molecular weight is 399 g/mol. The molecule has 0 aliphatic heterocycles. The molecule has 0 unspecified atom stereocenters. The number of halogens is 3. The van der Waals surface area contributed by atoms with Crippen LogP contribution >= 0.6 is 26.6 Å². The molecule has 0 saturated heterocycles. The first-order valence-corrected chi connectivity index (χ1v) is 9.45. The van der Waals surface area contributed by atoms with E-state index in [1.165, 1.54) is 6.07 Å². The number of hydrogen-bond donors (Lipinski definition) is 1. The Labute approximate surface area is 135 Å². The zero-order valence-corrected chi connectivity index (χ0v) is 14.4. The molecule has 0 atom stereocenters. The Hall–Kier alpha value is -0.660. The van der Waals surface area contributed by atoms with Crippen molar-refractivity contribution in [2.45, 2.75) is 31.1 Å². The Morgan fingerprint density at radius 2 is 2.10 bits per heavy atom. The van der Waals surface area contributed by atoms with Crippen LogP contribution in [0, 0.1) is 11.2 Å². The van der Waals surface area contributed by atoms with Gasteiger partial charge in [0.25, 0.3) is 15.0 Å². The molecule has 116 valence electrons. The molecule has 4 nitrogen and oxygen atoms in total. The molecule has 0 radical (unpaired) electrons. The standard InChI is InChI=1S/C13H14BrClFNO3S/c1-13(3-2-4-13)7-17-12(18)9-5-8(14)6-10(11(9)16)21(15,19)20/h5-6H,2-4,7H2,1H3,(H,17,18). The second kappa shape index (κ2) is 5.85. The van der Waals surface area contributed by atoms with E-state index >= 15 is 0 Å². The van der Waals surface area contributed by atoms with Gasteiger partial charge in [-0.3, -0.25) is 4.79 Å². The monoisotopic (exact) mass is 397 g/mol. The molecule has 0 bridgehead atoms. The van der Waals surface area contributed by atoms with Gasteiger partial charge in [-0.05, 0) is 30.4 Å². The SMILES string of the molecule is CC1(CNC(=O)c2cc(Br)cc(S(=O)(=O)Cl)c2F)CCC1. The van der Waals surface area contributed by atoms with Gasteiger partial charge in [0.1, 0.15) is 4.90 Å². The molecule has 0 spiro atoms. The average Bonchev–Trinajstić information content (AvgIpc) is 2.34. The molecular formula is C13H14BrClFNO3S. The third kappa shape index (κ3) is 3.76. The predicted octanol–water partition coefficient (Wildman–Crippen LogP) is 3.44. The summed E-state index contributed by atoms with van der Waals surface area (Å²) in [5, 5.41) is 2.65. The highest BCUT2D eigenvalue weighted by Gasteiger charge is 2.32. The van der Waals surface area contributed by atoms with Gasteiger partial charge in [0.05, 0.1) is 5.56 Å². The Bertz CT molecular complexity index is 689. The van der Waals surface area contributed by atoms with Gasteiger partial charge < -0.3 is 5.32 Å². The zero-order valence-electron chi connectivity index (χ0n) is 11.3. The second-order valence-corrected chi connectivity index (χ2v) is 9.00. The maximum absolute atomic E-state index is 14.2. The summed E-state index contributed by atoms with van der Waals surface area (Å²) in [7, 11) is 0.912. The van der Waals surface area contributed by atoms with E-state index in [4.69, 9.17) is 10.7 Å². The van der Waals surface area contributed by atoms with E-state index < -0.39 is 25.7 Å². The van der Waals surface area contributed by atoms with Gasteiger partial charge in [-0.15, -0.1) is 0 Å². The molecule has 1 aliphatic rings. The number of carbonyl (C=O) groups excluding carboxylic acids is 1. The lowest BCUT2D eigenvalue weighted by atomic mass is 9.70. The highest BCUT2D eigenvalue weighted by molar-refractivity contribution is 9.10. The third-order valence-electron chi connectivity index (χ3n) is 3.75. The molecule has 1 amide bonds. The van der Waals surface area contributed by atoms with Crippen LogP contribution in [-0.4, -0.2) is 20.9 Å². The molecule has 1 saturated carbocycles. The minimum atomic E-state index is -4.26. The predicted molar refractivity (Wildman–Crippen MR) is 81.4 cm³/mol. The minimum absolute atomic E-state index is 0.0412. The third-order valence-corrected chi connectivity index (χ3v) is 5.53. The molecule has 1 fully saturated rings. The van der Waals surface area contributed by atoms with E-state index in [-0.39, 0.29) is 15.5 Å². The van der Waals surface area contributed by atoms with Crippen LogP contribution in [0.2, 0.25) is 0 Å². The van der Waals surface area contributed by atoms with Gasteiger partial charge >= 0.3 is 0 Å². The Morgan fingerprint density at radius 1 is 1.48 bits per heavy atom. The Morgan fingerprint density at radius 3 is 2.57 bits per heavy atom. The van der Waals surface area contributed by atoms with Crippen LogP contribution in [0.15, 0.2) is 21.5 Å². The second-order valence-electron chi connectivity index (χ2n) is 5.55. The lowest BCUT2D eigenvalue weighted by Gasteiger charge is -2.38. The van der Waals surface area contributed by atoms with Crippen molar-refractivity contribution in [2.24, 2.45) is 5.41 Å². The van der Waals surface area contributed by atoms with Crippen LogP contribution in [0.1, 0.15) is 36.5 Å². The Balaban J connectivity index is 2.26. The van der Waals surface area contributed by atoms with Gasteiger partial charge in [0.15, 0.2) is 5.82 Å². The summed E-state index contributed by atoms with van der Waals surface area (Å²) in [6.45, 7) is 2.48. The van der Waals surface area contributed by atoms with Crippen molar-refractivity contribution < 1.29 is 17.6 Å². The summed E-state index contributed by atoms with van der Waals surface area (Å²) in [5.74, 6) is -1.78. The molecule has 2 rings (SSSR count). The molecular weight excluding hydrogens is 385 g/mol. The quantitative estimate of drug-likeness (QED) is 0.790. The van der Waals surface area contributed by atoms with Gasteiger partial charge in [-0.2, -0.15) is 0 Å². The first-order chi connectivity index (χ1) is 9.62. The zero-order chi connectivity index (χ0) is 15.8. The van der Waals surface area contributed by atoms with E-state index in [0.717, 1.165) is 25.3 Å². The number of hydrogen-bond acceptors (Lipinski definition) is 3. The minimum Gasteiger partial charge on any atom is -0.351 e. The van der Waals surface area contributed by atoms with Crippen LogP contribution in [-0.2, 0) is 9.05 Å². The maximum Gasteiger partial charge on any atom is 0.264 e. The molecule has 21 heavy (non-hydrogen) atoms. The lowest BCUT2D eigenvalue weighted by molar-refractivity contribution is 0.0886. The molecule has 0 aromatic heterocycles. The molecule has 8 heteroatoms. The van der Waals surface area contributed by atoms with Crippen LogP contribution < -0.4 is 5.32 Å². The number of nitrogens with one attached hydrogen (secondary N) is 1. The molecule has 1 aromatic rings. The number of carbonyl (C=O) groups is 1. The van der Waals surface area contributed by atoms with Crippen molar-refractivity contribution in [3.63, 3.8) is 0 Å². The van der Waals surface area contributed by atoms with Gasteiger partial charge in [0.2, 0.25) is 0 Å². The smallest absolute Gasteiger partial charge is 0.264 e. The fourth-order valence-corrected chi connectivity index (χ4v) is 3.79. The van der Waals surface area contributed by atoms with Gasteiger partial charge in [-0.1, -0.05) is 29.3 Å². The lowest BCUT2D eigenvalue weighted by Crippen LogP contribution is -2.40. The van der Waals surface area contributed by atoms with E-state index in [1.807, 2.05) is 6.92 Å². The summed E-state index contributed by atoms with van der Waals surface area (Å²) >= 11 is 3.05. The van der Waals surface area contributed by atoms with Crippen LogP contribution in [0.4, 0.5) is 4.39 Å². The number of amides is 1. The fraction of sp³-hybridized carbons (Fsp3) is 0.462. The summed E-state index contributed by atoms with van der Waals surface area (Å²) < 4.78 is 37.1. The van der Waals surface area contributed by atoms with Gasteiger partial charge in [-0.25, -0.2) is 12.8 Å². The summed E-state index contributed by atoms with van der Waals surface area (Å²) in [4.78, 5) is 11.4. The maximum atomic E-state index is 14.2. The van der Waals surface area contributed by atoms with E-state index in [1.54, 1.807) is 0 Å². The highest BCUT2D eigenvalue weighted by atomic mass is 79.9.